The quantitative estimate of drug-likeness (QED) is 0.876. The smallest absolute Gasteiger partial charge is 0.182 e. The van der Waals surface area contributed by atoms with Crippen molar-refractivity contribution in [2.75, 3.05) is 5.73 Å². The Morgan fingerprint density at radius 3 is 2.79 bits per heavy atom. The zero-order chi connectivity index (χ0) is 13.6. The lowest BCUT2D eigenvalue weighted by atomic mass is 10.1. The first-order valence-corrected chi connectivity index (χ1v) is 6.66. The number of aromatic nitrogens is 4. The first-order valence-electron chi connectivity index (χ1n) is 6.28. The second kappa shape index (κ2) is 4.20. The molecule has 19 heavy (non-hydrogen) atoms. The van der Waals surface area contributed by atoms with Gasteiger partial charge in [0.15, 0.2) is 5.82 Å². The van der Waals surface area contributed by atoms with E-state index in [4.69, 9.17) is 17.3 Å². The third-order valence-electron chi connectivity index (χ3n) is 3.82. The molecule has 0 radical (unpaired) electrons. The van der Waals surface area contributed by atoms with E-state index in [1.54, 1.807) is 6.07 Å². The minimum atomic E-state index is 0.399. The molecule has 1 aromatic carbocycles. The number of nitrogens with two attached hydrogens (primary N) is 1. The third kappa shape index (κ3) is 2.42. The molecule has 1 aromatic heterocycles. The summed E-state index contributed by atoms with van der Waals surface area (Å²) in [6.07, 6.45) is 1.21. The van der Waals surface area contributed by atoms with E-state index >= 15 is 0 Å². The largest absolute Gasteiger partial charge is 0.399 e. The molecule has 1 fully saturated rings. The van der Waals surface area contributed by atoms with Gasteiger partial charge in [-0.25, -0.2) is 4.68 Å². The summed E-state index contributed by atoms with van der Waals surface area (Å²) in [4.78, 5) is 0. The summed E-state index contributed by atoms with van der Waals surface area (Å²) in [5, 5.41) is 12.5. The minimum absolute atomic E-state index is 0.399. The van der Waals surface area contributed by atoms with Crippen LogP contribution in [0.4, 0.5) is 5.69 Å². The Morgan fingerprint density at radius 2 is 2.16 bits per heavy atom. The van der Waals surface area contributed by atoms with E-state index in [1.807, 2.05) is 16.8 Å². The number of anilines is 1. The van der Waals surface area contributed by atoms with Gasteiger partial charge >= 0.3 is 0 Å². The maximum atomic E-state index is 6.02. The van der Waals surface area contributed by atoms with Gasteiger partial charge in [0.25, 0.3) is 0 Å². The molecule has 1 aliphatic rings. The van der Waals surface area contributed by atoms with Crippen molar-refractivity contribution in [3.63, 3.8) is 0 Å². The van der Waals surface area contributed by atoms with Crippen molar-refractivity contribution in [2.45, 2.75) is 26.8 Å². The van der Waals surface area contributed by atoms with Crippen molar-refractivity contribution in [1.82, 2.24) is 20.2 Å². The highest BCUT2D eigenvalue weighted by Gasteiger charge is 2.46. The summed E-state index contributed by atoms with van der Waals surface area (Å²) in [7, 11) is 0. The van der Waals surface area contributed by atoms with Crippen molar-refractivity contribution >= 4 is 17.3 Å². The van der Waals surface area contributed by atoms with Crippen LogP contribution in [0.25, 0.3) is 11.4 Å². The first-order chi connectivity index (χ1) is 8.95. The number of nitrogens with zero attached hydrogens (tertiary/aromatic N) is 4. The molecular weight excluding hydrogens is 262 g/mol. The predicted molar refractivity (Wildman–Crippen MR) is 74.6 cm³/mol. The Bertz CT molecular complexity index is 599. The van der Waals surface area contributed by atoms with Gasteiger partial charge in [0.2, 0.25) is 0 Å². The summed E-state index contributed by atoms with van der Waals surface area (Å²) in [5.41, 5.74) is 7.68. The van der Waals surface area contributed by atoms with Crippen LogP contribution in [0.2, 0.25) is 5.02 Å². The highest BCUT2D eigenvalue weighted by molar-refractivity contribution is 6.31. The topological polar surface area (TPSA) is 69.6 Å². The van der Waals surface area contributed by atoms with Crippen LogP contribution in [0.15, 0.2) is 18.2 Å². The lowest BCUT2D eigenvalue weighted by molar-refractivity contribution is 0.467. The van der Waals surface area contributed by atoms with Crippen LogP contribution < -0.4 is 5.73 Å². The monoisotopic (exact) mass is 277 g/mol. The van der Waals surface area contributed by atoms with Gasteiger partial charge in [-0.15, -0.1) is 5.10 Å². The van der Waals surface area contributed by atoms with E-state index in [0.29, 0.717) is 22.0 Å². The lowest BCUT2D eigenvalue weighted by Crippen LogP contribution is -2.07. The molecule has 5 nitrogen and oxygen atoms in total. The Kier molecular flexibility index (Phi) is 2.74. The molecule has 2 aromatic rings. The molecule has 1 saturated carbocycles. The highest BCUT2D eigenvalue weighted by atomic mass is 35.5. The van der Waals surface area contributed by atoms with Crippen LogP contribution >= 0.6 is 11.6 Å². The Hall–Kier alpha value is -1.62. The fourth-order valence-corrected chi connectivity index (χ4v) is 2.62. The van der Waals surface area contributed by atoms with Gasteiger partial charge in [-0.3, -0.25) is 0 Å². The number of nitrogen functional groups attached to an aromatic ring is 1. The van der Waals surface area contributed by atoms with Crippen LogP contribution in [0, 0.1) is 11.3 Å². The molecule has 0 saturated heterocycles. The minimum Gasteiger partial charge on any atom is -0.399 e. The van der Waals surface area contributed by atoms with E-state index in [-0.39, 0.29) is 0 Å². The van der Waals surface area contributed by atoms with E-state index in [1.165, 1.54) is 6.42 Å². The fourth-order valence-electron chi connectivity index (χ4n) is 2.37. The van der Waals surface area contributed by atoms with Gasteiger partial charge in [0, 0.05) is 22.8 Å². The summed E-state index contributed by atoms with van der Waals surface area (Å²) in [6.45, 7) is 5.36. The molecule has 0 spiro atoms. The van der Waals surface area contributed by atoms with E-state index in [9.17, 15) is 0 Å². The standard InChI is InChI=1S/C13H16ClN5/c1-13(2)6-9(13)7-19-12(16-17-18-19)8-3-10(14)5-11(15)4-8/h3-5,9H,6-7,15H2,1-2H3. The summed E-state index contributed by atoms with van der Waals surface area (Å²) in [6, 6.07) is 5.38. The molecule has 2 N–H and O–H groups in total. The first kappa shape index (κ1) is 12.4. The van der Waals surface area contributed by atoms with Gasteiger partial charge in [0.1, 0.15) is 0 Å². The molecule has 1 heterocycles. The van der Waals surface area contributed by atoms with Crippen molar-refractivity contribution in [1.29, 1.82) is 0 Å². The van der Waals surface area contributed by atoms with Gasteiger partial charge in [-0.2, -0.15) is 0 Å². The summed E-state index contributed by atoms with van der Waals surface area (Å²) >= 11 is 6.02. The Morgan fingerprint density at radius 1 is 1.42 bits per heavy atom. The number of tetrazole rings is 1. The van der Waals surface area contributed by atoms with Crippen molar-refractivity contribution < 1.29 is 0 Å². The average Bonchev–Trinajstić information content (AvgIpc) is 2.73. The van der Waals surface area contributed by atoms with Gasteiger partial charge in [-0.05, 0) is 46.4 Å². The molecule has 1 aliphatic carbocycles. The number of hydrogen-bond acceptors (Lipinski definition) is 4. The number of rotatable bonds is 3. The van der Waals surface area contributed by atoms with Crippen LogP contribution in [0.1, 0.15) is 20.3 Å². The van der Waals surface area contributed by atoms with E-state index < -0.39 is 0 Å². The molecule has 0 amide bonds. The fraction of sp³-hybridized carbons (Fsp3) is 0.462. The normalized spacial score (nSPS) is 20.5. The third-order valence-corrected chi connectivity index (χ3v) is 4.04. The number of benzene rings is 1. The van der Waals surface area contributed by atoms with Crippen molar-refractivity contribution in [3.05, 3.63) is 23.2 Å². The Labute approximate surface area is 116 Å². The second-order valence-corrected chi connectivity index (χ2v) is 6.28. The lowest BCUT2D eigenvalue weighted by Gasteiger charge is -2.07. The summed E-state index contributed by atoms with van der Waals surface area (Å²) in [5.74, 6) is 1.35. The van der Waals surface area contributed by atoms with Crippen LogP contribution in [0.3, 0.4) is 0 Å². The number of halogens is 1. The summed E-state index contributed by atoms with van der Waals surface area (Å²) < 4.78 is 1.84. The molecule has 0 aliphatic heterocycles. The van der Waals surface area contributed by atoms with Gasteiger partial charge < -0.3 is 5.73 Å². The molecule has 100 valence electrons. The second-order valence-electron chi connectivity index (χ2n) is 5.85. The predicted octanol–water partition coefficient (Wildman–Crippen LogP) is 2.62. The zero-order valence-electron chi connectivity index (χ0n) is 11.0. The molecule has 1 atom stereocenters. The molecular formula is C13H16ClN5. The van der Waals surface area contributed by atoms with Crippen LogP contribution in [-0.2, 0) is 6.54 Å². The van der Waals surface area contributed by atoms with E-state index in [2.05, 4.69) is 29.4 Å². The zero-order valence-corrected chi connectivity index (χ0v) is 11.7. The average molecular weight is 278 g/mol. The molecule has 6 heteroatoms. The number of hydrogen-bond donors (Lipinski definition) is 1. The van der Waals surface area contributed by atoms with Crippen molar-refractivity contribution in [3.8, 4) is 11.4 Å². The maximum Gasteiger partial charge on any atom is 0.182 e. The van der Waals surface area contributed by atoms with E-state index in [0.717, 1.165) is 17.9 Å². The SMILES string of the molecule is CC1(C)CC1Cn1nnnc1-c1cc(N)cc(Cl)c1. The van der Waals surface area contributed by atoms with Crippen LogP contribution in [-0.4, -0.2) is 20.2 Å². The van der Waals surface area contributed by atoms with Crippen molar-refractivity contribution in [2.24, 2.45) is 11.3 Å². The maximum absolute atomic E-state index is 6.02. The molecule has 0 bridgehead atoms. The van der Waals surface area contributed by atoms with Gasteiger partial charge in [0.05, 0.1) is 0 Å². The van der Waals surface area contributed by atoms with Crippen LogP contribution in [0.5, 0.6) is 0 Å². The molecule has 1 unspecified atom stereocenters. The Balaban J connectivity index is 1.91. The molecule has 3 rings (SSSR count). The van der Waals surface area contributed by atoms with Gasteiger partial charge in [-0.1, -0.05) is 25.4 Å². The highest BCUT2D eigenvalue weighted by Crippen LogP contribution is 2.52.